The molecule has 42 valence electrons. The van der Waals surface area contributed by atoms with Crippen LogP contribution in [0.25, 0.3) is 0 Å². The first-order chi connectivity index (χ1) is 3.18. The summed E-state index contributed by atoms with van der Waals surface area (Å²) in [6.45, 7) is 1.56. The van der Waals surface area contributed by atoms with Gasteiger partial charge >= 0.3 is 5.97 Å². The third-order valence-corrected chi connectivity index (χ3v) is 1.12. The molecule has 2 atom stereocenters. The molecule has 0 saturated carbocycles. The Morgan fingerprint density at radius 1 is 2.00 bits per heavy atom. The second-order valence-corrected chi connectivity index (χ2v) is 1.56. The van der Waals surface area contributed by atoms with E-state index in [1.165, 1.54) is 0 Å². The molecule has 4 heteroatoms. The summed E-state index contributed by atoms with van der Waals surface area (Å²) in [6, 6.07) is -0.468. The van der Waals surface area contributed by atoms with E-state index in [1.54, 1.807) is 6.92 Å². The molecule has 0 rings (SSSR count). The van der Waals surface area contributed by atoms with Crippen molar-refractivity contribution in [1.82, 2.24) is 5.09 Å². The number of aliphatic carboxylic acids is 1. The van der Waals surface area contributed by atoms with Crippen molar-refractivity contribution < 1.29 is 9.90 Å². The van der Waals surface area contributed by atoms with Crippen molar-refractivity contribution in [1.29, 1.82) is 0 Å². The first-order valence-electron chi connectivity index (χ1n) is 1.87. The van der Waals surface area contributed by atoms with Crippen LogP contribution < -0.4 is 5.09 Å². The second kappa shape index (κ2) is 2.94. The number of rotatable bonds is 2. The fourth-order valence-corrected chi connectivity index (χ4v) is 0.214. The summed E-state index contributed by atoms with van der Waals surface area (Å²) >= 11 is 0. The molecular weight excluding hydrogens is 113 g/mol. The highest BCUT2D eigenvalue weighted by Gasteiger charge is 2.04. The molecule has 3 nitrogen and oxygen atoms in total. The molecule has 0 amide bonds. The van der Waals surface area contributed by atoms with E-state index < -0.39 is 12.0 Å². The molecule has 0 aliphatic heterocycles. The van der Waals surface area contributed by atoms with Crippen molar-refractivity contribution in [3.63, 3.8) is 0 Å². The van der Waals surface area contributed by atoms with Gasteiger partial charge in [0.25, 0.3) is 0 Å². The Bertz CT molecular complexity index is 75.3. The summed E-state index contributed by atoms with van der Waals surface area (Å²) in [6.07, 6.45) is 0. The minimum atomic E-state index is -0.838. The number of carboxylic acid groups (broad SMARTS) is 1. The lowest BCUT2D eigenvalue weighted by Gasteiger charge is -1.99. The van der Waals surface area contributed by atoms with Crippen molar-refractivity contribution in [3.05, 3.63) is 0 Å². The molecule has 0 aromatic heterocycles. The average Bonchev–Trinajstić information content (AvgIpc) is 1.65. The molecule has 0 aliphatic carbocycles. The summed E-state index contributed by atoms with van der Waals surface area (Å²) in [5.74, 6) is -0.838. The minimum Gasteiger partial charge on any atom is -0.480 e. The van der Waals surface area contributed by atoms with Crippen LogP contribution in [0, 0.1) is 0 Å². The van der Waals surface area contributed by atoms with Gasteiger partial charge in [-0.25, -0.2) is 0 Å². The quantitative estimate of drug-likeness (QED) is 0.499. The first kappa shape index (κ1) is 6.86. The first-order valence-corrected chi connectivity index (χ1v) is 2.45. The van der Waals surface area contributed by atoms with Crippen LogP contribution in [0.5, 0.6) is 0 Å². The number of carbonyl (C=O) groups is 1. The van der Waals surface area contributed by atoms with Gasteiger partial charge in [0.1, 0.15) is 6.04 Å². The Morgan fingerprint density at radius 2 is 2.43 bits per heavy atom. The average molecular weight is 121 g/mol. The van der Waals surface area contributed by atoms with E-state index in [4.69, 9.17) is 5.11 Å². The molecule has 7 heavy (non-hydrogen) atoms. The maximum atomic E-state index is 9.85. The van der Waals surface area contributed by atoms with Crippen LogP contribution in [0.4, 0.5) is 0 Å². The SMILES string of the molecule is CC(NP)C(=O)O. The number of hydrogen-bond donors (Lipinski definition) is 2. The van der Waals surface area contributed by atoms with E-state index in [9.17, 15) is 4.79 Å². The zero-order chi connectivity index (χ0) is 5.86. The van der Waals surface area contributed by atoms with Gasteiger partial charge in [-0.1, -0.05) is 9.39 Å². The Morgan fingerprint density at radius 3 is 2.43 bits per heavy atom. The molecule has 0 radical (unpaired) electrons. The predicted molar refractivity (Wildman–Crippen MR) is 29.9 cm³/mol. The van der Waals surface area contributed by atoms with E-state index >= 15 is 0 Å². The Labute approximate surface area is 44.4 Å². The van der Waals surface area contributed by atoms with Crippen molar-refractivity contribution in [3.8, 4) is 0 Å². The Balaban J connectivity index is 3.34. The summed E-state index contributed by atoms with van der Waals surface area (Å²) in [5, 5.41) is 10.6. The highest BCUT2D eigenvalue weighted by Crippen LogP contribution is 1.81. The topological polar surface area (TPSA) is 49.3 Å². The molecule has 0 spiro atoms. The van der Waals surface area contributed by atoms with Crippen LogP contribution >= 0.6 is 9.39 Å². The van der Waals surface area contributed by atoms with Crippen molar-refractivity contribution in [2.75, 3.05) is 0 Å². The lowest BCUT2D eigenvalue weighted by Crippen LogP contribution is -2.25. The number of carboxylic acids is 1. The lowest BCUT2D eigenvalue weighted by molar-refractivity contribution is -0.138. The summed E-state index contributed by atoms with van der Waals surface area (Å²) in [5.41, 5.74) is 0. The van der Waals surface area contributed by atoms with Crippen LogP contribution in [0.15, 0.2) is 0 Å². The van der Waals surface area contributed by atoms with E-state index in [2.05, 4.69) is 14.5 Å². The molecule has 0 fully saturated rings. The molecule has 0 saturated heterocycles. The smallest absolute Gasteiger partial charge is 0.320 e. The van der Waals surface area contributed by atoms with E-state index in [0.717, 1.165) is 0 Å². The van der Waals surface area contributed by atoms with Gasteiger partial charge in [-0.2, -0.15) is 0 Å². The van der Waals surface area contributed by atoms with E-state index in [0.29, 0.717) is 0 Å². The Kier molecular flexibility index (Phi) is 2.88. The normalized spacial score (nSPS) is 13.4. The van der Waals surface area contributed by atoms with Gasteiger partial charge in [-0.3, -0.25) is 9.88 Å². The minimum absolute atomic E-state index is 0.468. The zero-order valence-electron chi connectivity index (χ0n) is 4.01. The van der Waals surface area contributed by atoms with Gasteiger partial charge in [0.15, 0.2) is 0 Å². The van der Waals surface area contributed by atoms with Crippen molar-refractivity contribution >= 4 is 15.4 Å². The third-order valence-electron chi connectivity index (χ3n) is 0.620. The van der Waals surface area contributed by atoms with Gasteiger partial charge in [0, 0.05) is 0 Å². The molecule has 2 unspecified atom stereocenters. The highest BCUT2D eigenvalue weighted by atomic mass is 31.0. The van der Waals surface area contributed by atoms with Gasteiger partial charge < -0.3 is 5.11 Å². The van der Waals surface area contributed by atoms with Gasteiger partial charge in [-0.15, -0.1) is 0 Å². The largest absolute Gasteiger partial charge is 0.480 e. The second-order valence-electron chi connectivity index (χ2n) is 1.23. The molecule has 0 aromatic carbocycles. The Hall–Kier alpha value is -0.140. The summed E-state index contributed by atoms with van der Waals surface area (Å²) in [7, 11) is 2.13. The highest BCUT2D eigenvalue weighted by molar-refractivity contribution is 7.13. The van der Waals surface area contributed by atoms with Crippen LogP contribution in [0.1, 0.15) is 6.92 Å². The van der Waals surface area contributed by atoms with E-state index in [-0.39, 0.29) is 0 Å². The summed E-state index contributed by atoms with van der Waals surface area (Å²) < 4.78 is 0. The van der Waals surface area contributed by atoms with Crippen molar-refractivity contribution in [2.45, 2.75) is 13.0 Å². The maximum Gasteiger partial charge on any atom is 0.320 e. The number of nitrogens with one attached hydrogen (secondary N) is 1. The molecule has 2 N–H and O–H groups in total. The molecule has 0 bridgehead atoms. The molecule has 0 aliphatic rings. The molecule has 0 heterocycles. The van der Waals surface area contributed by atoms with E-state index in [1.807, 2.05) is 0 Å². The van der Waals surface area contributed by atoms with Gasteiger partial charge in [-0.05, 0) is 6.92 Å². The van der Waals surface area contributed by atoms with Crippen LogP contribution in [0.3, 0.4) is 0 Å². The van der Waals surface area contributed by atoms with Crippen LogP contribution in [0.2, 0.25) is 0 Å². The zero-order valence-corrected chi connectivity index (χ0v) is 5.16. The fourth-order valence-electron chi connectivity index (χ4n) is 0.0713. The monoisotopic (exact) mass is 121 g/mol. The van der Waals surface area contributed by atoms with Gasteiger partial charge in [0.2, 0.25) is 0 Å². The van der Waals surface area contributed by atoms with Crippen LogP contribution in [-0.4, -0.2) is 17.1 Å². The fraction of sp³-hybridized carbons (Fsp3) is 0.667. The number of hydrogen-bond acceptors (Lipinski definition) is 2. The van der Waals surface area contributed by atoms with Gasteiger partial charge in [0.05, 0.1) is 0 Å². The molecule has 0 aromatic rings. The third kappa shape index (κ3) is 2.54. The summed E-state index contributed by atoms with van der Waals surface area (Å²) in [4.78, 5) is 9.85. The standard InChI is InChI=1S/C3H8NO2P/c1-2(4-7)3(5)6/h2,4H,7H2,1H3,(H,5,6). The lowest BCUT2D eigenvalue weighted by atomic mass is 10.4. The van der Waals surface area contributed by atoms with Crippen molar-refractivity contribution in [2.24, 2.45) is 0 Å². The molecular formula is C3H8NO2P. The predicted octanol–water partition coefficient (Wildman–Crippen LogP) is -0.161. The van der Waals surface area contributed by atoms with Crippen LogP contribution in [-0.2, 0) is 4.79 Å². The maximum absolute atomic E-state index is 9.85.